The van der Waals surface area contributed by atoms with Crippen LogP contribution >= 0.6 is 0 Å². The Bertz CT molecular complexity index is 491. The molecule has 0 spiro atoms. The van der Waals surface area contributed by atoms with Gasteiger partial charge in [-0.25, -0.2) is 0 Å². The minimum Gasteiger partial charge on any atom is -0.384 e. The minimum absolute atomic E-state index is 0.0212. The molecule has 0 heterocycles. The van der Waals surface area contributed by atoms with E-state index in [1.165, 1.54) is 0 Å². The molecule has 110 valence electrons. The topological polar surface area (TPSA) is 41.1 Å². The van der Waals surface area contributed by atoms with Gasteiger partial charge >= 0.3 is 0 Å². The summed E-state index contributed by atoms with van der Waals surface area (Å²) in [5, 5.41) is 6.51. The first-order valence-corrected chi connectivity index (χ1v) is 7.46. The van der Waals surface area contributed by atoms with Crippen LogP contribution in [0.4, 0.5) is 5.69 Å². The van der Waals surface area contributed by atoms with Gasteiger partial charge in [0.25, 0.3) is 5.91 Å². The first-order chi connectivity index (χ1) is 9.32. The van der Waals surface area contributed by atoms with Crippen molar-refractivity contribution in [2.45, 2.75) is 47.1 Å². The zero-order valence-corrected chi connectivity index (χ0v) is 13.2. The molecule has 0 atom stereocenters. The molecule has 0 saturated heterocycles. The van der Waals surface area contributed by atoms with Crippen LogP contribution in [0.3, 0.4) is 0 Å². The Hall–Kier alpha value is -1.51. The maximum Gasteiger partial charge on any atom is 0.253 e. The lowest BCUT2D eigenvalue weighted by atomic mass is 10.0. The highest BCUT2D eigenvalue weighted by Gasteiger charge is 2.65. The average molecular weight is 274 g/mol. The summed E-state index contributed by atoms with van der Waals surface area (Å²) in [5.41, 5.74) is 1.98. The number of anilines is 1. The molecule has 1 aliphatic carbocycles. The fourth-order valence-corrected chi connectivity index (χ4v) is 2.86. The highest BCUT2D eigenvalue weighted by Crippen LogP contribution is 2.62. The van der Waals surface area contributed by atoms with Crippen molar-refractivity contribution in [1.29, 1.82) is 0 Å². The number of benzene rings is 1. The van der Waals surface area contributed by atoms with E-state index in [-0.39, 0.29) is 22.8 Å². The number of rotatable bonds is 5. The van der Waals surface area contributed by atoms with Crippen molar-refractivity contribution in [3.63, 3.8) is 0 Å². The van der Waals surface area contributed by atoms with Crippen LogP contribution in [0, 0.1) is 10.8 Å². The molecule has 1 saturated carbocycles. The fraction of sp³-hybridized carbons (Fsp3) is 0.588. The van der Waals surface area contributed by atoms with Gasteiger partial charge in [0, 0.05) is 18.3 Å². The van der Waals surface area contributed by atoms with Crippen LogP contribution in [0.25, 0.3) is 0 Å². The van der Waals surface area contributed by atoms with Gasteiger partial charge in [-0.05, 0) is 29.4 Å². The van der Waals surface area contributed by atoms with Crippen LogP contribution in [0.15, 0.2) is 24.3 Å². The van der Waals surface area contributed by atoms with E-state index >= 15 is 0 Å². The quantitative estimate of drug-likeness (QED) is 0.860. The number of para-hydroxylation sites is 1. The smallest absolute Gasteiger partial charge is 0.253 e. The predicted octanol–water partition coefficient (Wildman–Crippen LogP) is 3.67. The summed E-state index contributed by atoms with van der Waals surface area (Å²) >= 11 is 0. The lowest BCUT2D eigenvalue weighted by molar-refractivity contribution is 0.0944. The largest absolute Gasteiger partial charge is 0.384 e. The SMILES string of the molecule is CCCNc1ccccc1C(=O)NC1C(C)(C)C1(C)C. The van der Waals surface area contributed by atoms with E-state index < -0.39 is 0 Å². The number of carbonyl (C=O) groups is 1. The molecule has 20 heavy (non-hydrogen) atoms. The maximum atomic E-state index is 12.5. The molecule has 1 aromatic rings. The molecule has 0 bridgehead atoms. The van der Waals surface area contributed by atoms with Crippen LogP contribution in [-0.2, 0) is 0 Å². The van der Waals surface area contributed by atoms with Gasteiger partial charge in [-0.3, -0.25) is 4.79 Å². The van der Waals surface area contributed by atoms with E-state index in [1.54, 1.807) is 0 Å². The second-order valence-corrected chi connectivity index (χ2v) is 6.82. The highest BCUT2D eigenvalue weighted by atomic mass is 16.1. The molecule has 0 unspecified atom stereocenters. The molecular formula is C17H26N2O. The Morgan fingerprint density at radius 1 is 1.15 bits per heavy atom. The molecule has 1 fully saturated rings. The molecular weight excluding hydrogens is 248 g/mol. The molecule has 1 amide bonds. The van der Waals surface area contributed by atoms with Gasteiger partial charge < -0.3 is 10.6 Å². The Morgan fingerprint density at radius 3 is 2.30 bits per heavy atom. The monoisotopic (exact) mass is 274 g/mol. The molecule has 3 heteroatoms. The maximum absolute atomic E-state index is 12.5. The number of hydrogen-bond donors (Lipinski definition) is 2. The predicted molar refractivity (Wildman–Crippen MR) is 84.0 cm³/mol. The van der Waals surface area contributed by atoms with E-state index in [2.05, 4.69) is 45.3 Å². The molecule has 1 aliphatic rings. The molecule has 3 nitrogen and oxygen atoms in total. The summed E-state index contributed by atoms with van der Waals surface area (Å²) in [6.07, 6.45) is 1.04. The Balaban J connectivity index is 2.11. The molecule has 2 rings (SSSR count). The van der Waals surface area contributed by atoms with Gasteiger partial charge in [-0.1, -0.05) is 46.8 Å². The summed E-state index contributed by atoms with van der Waals surface area (Å²) in [5.74, 6) is 0.0212. The van der Waals surface area contributed by atoms with Crippen molar-refractivity contribution in [1.82, 2.24) is 5.32 Å². The van der Waals surface area contributed by atoms with Gasteiger partial charge in [0.2, 0.25) is 0 Å². The third kappa shape index (κ3) is 2.41. The number of carbonyl (C=O) groups excluding carboxylic acids is 1. The average Bonchev–Trinajstić information content (AvgIpc) is 2.79. The highest BCUT2D eigenvalue weighted by molar-refractivity contribution is 6.00. The van der Waals surface area contributed by atoms with E-state index in [0.29, 0.717) is 0 Å². The molecule has 0 radical (unpaired) electrons. The van der Waals surface area contributed by atoms with E-state index in [9.17, 15) is 4.79 Å². The standard InChI is InChI=1S/C17H26N2O/c1-6-11-18-13-10-8-7-9-12(13)14(20)19-15-16(2,3)17(15,4)5/h7-10,15,18H,6,11H2,1-5H3,(H,19,20). The number of amides is 1. The summed E-state index contributed by atoms with van der Waals surface area (Å²) in [6, 6.07) is 7.96. The van der Waals surface area contributed by atoms with Crippen LogP contribution in [0.2, 0.25) is 0 Å². The van der Waals surface area contributed by atoms with Crippen LogP contribution in [0.1, 0.15) is 51.4 Å². The van der Waals surface area contributed by atoms with Crippen molar-refractivity contribution in [2.24, 2.45) is 10.8 Å². The lowest BCUT2D eigenvalue weighted by Crippen LogP contribution is -2.30. The van der Waals surface area contributed by atoms with Crippen LogP contribution in [0.5, 0.6) is 0 Å². The Labute approximate surface area is 122 Å². The fourth-order valence-electron chi connectivity index (χ4n) is 2.86. The van der Waals surface area contributed by atoms with Crippen molar-refractivity contribution >= 4 is 11.6 Å². The third-order valence-electron chi connectivity index (χ3n) is 5.03. The summed E-state index contributed by atoms with van der Waals surface area (Å²) < 4.78 is 0. The molecule has 0 aliphatic heterocycles. The Morgan fingerprint density at radius 2 is 1.75 bits per heavy atom. The van der Waals surface area contributed by atoms with Gasteiger partial charge in [-0.15, -0.1) is 0 Å². The van der Waals surface area contributed by atoms with E-state index in [1.807, 2.05) is 24.3 Å². The molecule has 2 N–H and O–H groups in total. The van der Waals surface area contributed by atoms with Gasteiger partial charge in [0.15, 0.2) is 0 Å². The van der Waals surface area contributed by atoms with Crippen LogP contribution in [-0.4, -0.2) is 18.5 Å². The van der Waals surface area contributed by atoms with Gasteiger partial charge in [0.1, 0.15) is 0 Å². The van der Waals surface area contributed by atoms with E-state index in [0.717, 1.165) is 24.2 Å². The summed E-state index contributed by atoms with van der Waals surface area (Å²) in [6.45, 7) is 11.8. The first-order valence-electron chi connectivity index (χ1n) is 7.46. The number of hydrogen-bond acceptors (Lipinski definition) is 2. The van der Waals surface area contributed by atoms with E-state index in [4.69, 9.17) is 0 Å². The second kappa shape index (κ2) is 5.12. The van der Waals surface area contributed by atoms with Gasteiger partial charge in [-0.2, -0.15) is 0 Å². The molecule has 0 aromatic heterocycles. The van der Waals surface area contributed by atoms with Crippen molar-refractivity contribution in [3.05, 3.63) is 29.8 Å². The zero-order chi connectivity index (χ0) is 15.0. The minimum atomic E-state index is 0.0212. The van der Waals surface area contributed by atoms with Crippen molar-refractivity contribution in [2.75, 3.05) is 11.9 Å². The van der Waals surface area contributed by atoms with Crippen molar-refractivity contribution in [3.8, 4) is 0 Å². The molecule has 1 aromatic carbocycles. The lowest BCUT2D eigenvalue weighted by Gasteiger charge is -2.12. The second-order valence-electron chi connectivity index (χ2n) is 6.82. The normalized spacial score (nSPS) is 19.4. The van der Waals surface area contributed by atoms with Crippen LogP contribution < -0.4 is 10.6 Å². The first kappa shape index (κ1) is 14.9. The zero-order valence-electron chi connectivity index (χ0n) is 13.2. The Kier molecular flexibility index (Phi) is 3.81. The third-order valence-corrected chi connectivity index (χ3v) is 5.03. The van der Waals surface area contributed by atoms with Gasteiger partial charge in [0.05, 0.1) is 5.56 Å². The number of nitrogens with one attached hydrogen (secondary N) is 2. The van der Waals surface area contributed by atoms with Crippen molar-refractivity contribution < 1.29 is 4.79 Å². The summed E-state index contributed by atoms with van der Waals surface area (Å²) in [4.78, 5) is 12.5. The summed E-state index contributed by atoms with van der Waals surface area (Å²) in [7, 11) is 0.